The van der Waals surface area contributed by atoms with Crippen LogP contribution in [0.25, 0.3) is 0 Å². The molecule has 0 bridgehead atoms. The Morgan fingerprint density at radius 3 is 2.73 bits per heavy atom. The molecule has 1 aromatic carbocycles. The smallest absolute Gasteiger partial charge is 0.228 e. The molecule has 1 aliphatic heterocycles. The van der Waals surface area contributed by atoms with Crippen LogP contribution >= 0.6 is 11.3 Å². The molecule has 1 fully saturated rings. The van der Waals surface area contributed by atoms with Crippen LogP contribution in [0.2, 0.25) is 0 Å². The Balaban J connectivity index is 1.84. The number of carbonyl (C=O) groups excluding carboxylic acids is 2. The first-order chi connectivity index (χ1) is 12.6. The van der Waals surface area contributed by atoms with E-state index in [2.05, 4.69) is 5.32 Å². The second kappa shape index (κ2) is 8.47. The lowest BCUT2D eigenvalue weighted by Crippen LogP contribution is -2.36. The number of carbonyl (C=O) groups is 2. The van der Waals surface area contributed by atoms with Crippen molar-refractivity contribution in [3.05, 3.63) is 52.2 Å². The van der Waals surface area contributed by atoms with Crippen molar-refractivity contribution in [2.24, 2.45) is 5.92 Å². The quantitative estimate of drug-likeness (QED) is 0.759. The molecule has 0 spiro atoms. The third-order valence-electron chi connectivity index (χ3n) is 4.63. The van der Waals surface area contributed by atoms with E-state index < -0.39 is 0 Å². The molecule has 3 rings (SSSR count). The van der Waals surface area contributed by atoms with Gasteiger partial charge in [-0.25, -0.2) is 0 Å². The van der Waals surface area contributed by atoms with Crippen molar-refractivity contribution in [3.63, 3.8) is 0 Å². The van der Waals surface area contributed by atoms with Gasteiger partial charge in [0, 0.05) is 37.2 Å². The Bertz CT molecular complexity index is 743. The molecule has 1 saturated heterocycles. The van der Waals surface area contributed by atoms with E-state index in [0.717, 1.165) is 22.5 Å². The Morgan fingerprint density at radius 2 is 2.08 bits per heavy atom. The average molecular weight is 372 g/mol. The highest BCUT2D eigenvalue weighted by Gasteiger charge is 2.45. The number of hydrogen-bond acceptors (Lipinski definition) is 4. The molecule has 2 heterocycles. The number of thiophene rings is 1. The van der Waals surface area contributed by atoms with Gasteiger partial charge in [-0.3, -0.25) is 9.59 Å². The van der Waals surface area contributed by atoms with Gasteiger partial charge >= 0.3 is 0 Å². The van der Waals surface area contributed by atoms with E-state index in [9.17, 15) is 9.59 Å². The number of nitrogens with zero attached hydrogens (tertiary/aromatic N) is 1. The molecule has 1 aromatic heterocycles. The molecule has 2 amide bonds. The van der Waals surface area contributed by atoms with Crippen molar-refractivity contribution in [2.45, 2.75) is 25.8 Å². The molecule has 0 aliphatic carbocycles. The third-order valence-corrected chi connectivity index (χ3v) is 5.57. The summed E-state index contributed by atoms with van der Waals surface area (Å²) < 4.78 is 5.02. The van der Waals surface area contributed by atoms with E-state index >= 15 is 0 Å². The van der Waals surface area contributed by atoms with Gasteiger partial charge in [0.2, 0.25) is 11.8 Å². The van der Waals surface area contributed by atoms with Gasteiger partial charge in [0.15, 0.2) is 0 Å². The van der Waals surface area contributed by atoms with Gasteiger partial charge in [0.1, 0.15) is 0 Å². The first-order valence-corrected chi connectivity index (χ1v) is 9.68. The molecular weight excluding hydrogens is 348 g/mol. The summed E-state index contributed by atoms with van der Waals surface area (Å²) in [5, 5.41) is 4.94. The Hall–Kier alpha value is -2.18. The van der Waals surface area contributed by atoms with Crippen LogP contribution in [0.1, 0.15) is 29.3 Å². The summed E-state index contributed by atoms with van der Waals surface area (Å²) in [6.45, 7) is 3.18. The highest BCUT2D eigenvalue weighted by atomic mass is 32.1. The minimum atomic E-state index is -0.384. The van der Waals surface area contributed by atoms with E-state index in [4.69, 9.17) is 4.74 Å². The number of amides is 2. The number of anilines is 1. The average Bonchev–Trinajstić information content (AvgIpc) is 3.27. The summed E-state index contributed by atoms with van der Waals surface area (Å²) in [7, 11) is 1.64. The molecule has 26 heavy (non-hydrogen) atoms. The monoisotopic (exact) mass is 372 g/mol. The van der Waals surface area contributed by atoms with Crippen LogP contribution < -0.4 is 10.2 Å². The van der Waals surface area contributed by atoms with Crippen LogP contribution in [0.4, 0.5) is 5.69 Å². The lowest BCUT2D eigenvalue weighted by molar-refractivity contribution is -0.126. The first kappa shape index (κ1) is 18.6. The fourth-order valence-electron chi connectivity index (χ4n) is 3.32. The van der Waals surface area contributed by atoms with Gasteiger partial charge in [-0.1, -0.05) is 23.8 Å². The maximum Gasteiger partial charge on any atom is 0.228 e. The van der Waals surface area contributed by atoms with Crippen LogP contribution in [-0.2, 0) is 14.3 Å². The lowest BCUT2D eigenvalue weighted by atomic mass is 9.97. The van der Waals surface area contributed by atoms with E-state index in [0.29, 0.717) is 13.2 Å². The van der Waals surface area contributed by atoms with Crippen LogP contribution in [0, 0.1) is 12.8 Å². The number of ether oxygens (including phenoxy) is 1. The minimum Gasteiger partial charge on any atom is -0.385 e. The van der Waals surface area contributed by atoms with Crippen molar-refractivity contribution in [1.29, 1.82) is 0 Å². The van der Waals surface area contributed by atoms with E-state index in [1.54, 1.807) is 23.3 Å². The lowest BCUT2D eigenvalue weighted by Gasteiger charge is -2.27. The molecule has 1 N–H and O–H groups in total. The molecule has 2 aromatic rings. The van der Waals surface area contributed by atoms with Crippen molar-refractivity contribution in [2.75, 3.05) is 25.2 Å². The summed E-state index contributed by atoms with van der Waals surface area (Å²) in [5.41, 5.74) is 1.98. The predicted molar refractivity (Wildman–Crippen MR) is 103 cm³/mol. The summed E-state index contributed by atoms with van der Waals surface area (Å²) >= 11 is 1.58. The van der Waals surface area contributed by atoms with E-state index in [1.165, 1.54) is 0 Å². The summed E-state index contributed by atoms with van der Waals surface area (Å²) in [6, 6.07) is 11.6. The molecule has 2 atom stereocenters. The Morgan fingerprint density at radius 1 is 1.31 bits per heavy atom. The number of hydrogen-bond donors (Lipinski definition) is 1. The molecule has 0 radical (unpaired) electrons. The SMILES string of the molecule is COCCCNC(=O)C1CC(=O)N(c2ccc(C)cc2)C1c1cccs1. The van der Waals surface area contributed by atoms with E-state index in [-0.39, 0.29) is 30.2 Å². The van der Waals surface area contributed by atoms with Gasteiger partial charge in [-0.15, -0.1) is 11.3 Å². The second-order valence-electron chi connectivity index (χ2n) is 6.51. The zero-order chi connectivity index (χ0) is 18.5. The zero-order valence-electron chi connectivity index (χ0n) is 15.1. The van der Waals surface area contributed by atoms with Gasteiger partial charge in [-0.05, 0) is 36.9 Å². The summed E-state index contributed by atoms with van der Waals surface area (Å²) in [5.74, 6) is -0.461. The number of methoxy groups -OCH3 is 1. The van der Waals surface area contributed by atoms with Crippen LogP contribution in [0.5, 0.6) is 0 Å². The predicted octanol–water partition coefficient (Wildman–Crippen LogP) is 3.30. The maximum absolute atomic E-state index is 12.8. The Kier molecular flexibility index (Phi) is 6.06. The third kappa shape index (κ3) is 3.97. The minimum absolute atomic E-state index is 0.00991. The van der Waals surface area contributed by atoms with Crippen LogP contribution in [-0.4, -0.2) is 32.1 Å². The standard InChI is InChI=1S/C20H24N2O3S/c1-14-6-8-15(9-7-14)22-18(23)13-16(19(22)17-5-3-12-26-17)20(24)21-10-4-11-25-2/h3,5-9,12,16,19H,4,10-11,13H2,1-2H3,(H,21,24). The highest BCUT2D eigenvalue weighted by molar-refractivity contribution is 7.10. The van der Waals surface area contributed by atoms with Gasteiger partial charge in [0.25, 0.3) is 0 Å². The van der Waals surface area contributed by atoms with Crippen LogP contribution in [0.3, 0.4) is 0 Å². The topological polar surface area (TPSA) is 58.6 Å². The highest BCUT2D eigenvalue weighted by Crippen LogP contribution is 2.43. The fourth-order valence-corrected chi connectivity index (χ4v) is 4.20. The summed E-state index contributed by atoms with van der Waals surface area (Å²) in [6.07, 6.45) is 0.987. The maximum atomic E-state index is 12.8. The number of aryl methyl sites for hydroxylation is 1. The van der Waals surface area contributed by atoms with Crippen molar-refractivity contribution >= 4 is 28.8 Å². The molecule has 1 aliphatic rings. The van der Waals surface area contributed by atoms with Gasteiger partial charge in [0.05, 0.1) is 12.0 Å². The number of nitrogens with one attached hydrogen (secondary N) is 1. The number of benzene rings is 1. The normalized spacial score (nSPS) is 19.8. The molecule has 5 nitrogen and oxygen atoms in total. The fraction of sp³-hybridized carbons (Fsp3) is 0.400. The summed E-state index contributed by atoms with van der Waals surface area (Å²) in [4.78, 5) is 28.4. The van der Waals surface area contributed by atoms with Gasteiger partial charge in [-0.2, -0.15) is 0 Å². The largest absolute Gasteiger partial charge is 0.385 e. The van der Waals surface area contributed by atoms with Crippen molar-refractivity contribution in [3.8, 4) is 0 Å². The van der Waals surface area contributed by atoms with Crippen molar-refractivity contribution in [1.82, 2.24) is 5.32 Å². The second-order valence-corrected chi connectivity index (χ2v) is 7.49. The number of rotatable bonds is 7. The van der Waals surface area contributed by atoms with Crippen molar-refractivity contribution < 1.29 is 14.3 Å². The first-order valence-electron chi connectivity index (χ1n) is 8.80. The molecule has 138 valence electrons. The van der Waals surface area contributed by atoms with Gasteiger partial charge < -0.3 is 15.0 Å². The zero-order valence-corrected chi connectivity index (χ0v) is 15.9. The molecule has 6 heteroatoms. The molecule has 0 saturated carbocycles. The molecule has 2 unspecified atom stereocenters. The van der Waals surface area contributed by atoms with Crippen LogP contribution in [0.15, 0.2) is 41.8 Å². The Labute approximate surface area is 158 Å². The van der Waals surface area contributed by atoms with E-state index in [1.807, 2.05) is 48.7 Å². The molecular formula is C20H24N2O3S.